The smallest absolute Gasteiger partial charge is 0.278 e. The molecule has 0 N–H and O–H groups in total. The number of aromatic nitrogens is 2. The van der Waals surface area contributed by atoms with E-state index in [2.05, 4.69) is 15.0 Å². The molecule has 26 heavy (non-hydrogen) atoms. The Morgan fingerprint density at radius 1 is 0.923 bits per heavy atom. The third-order valence-electron chi connectivity index (χ3n) is 3.41. The van der Waals surface area contributed by atoms with Crippen LogP contribution in [0.1, 0.15) is 18.1 Å². The van der Waals surface area contributed by atoms with E-state index in [-0.39, 0.29) is 5.88 Å². The number of aliphatic imine (C=N–C) groups is 1. The highest BCUT2D eigenvalue weighted by Gasteiger charge is 2.22. The molecule has 1 heterocycles. The third kappa shape index (κ3) is 4.92. The van der Waals surface area contributed by atoms with Crippen LogP contribution < -0.4 is 4.74 Å². The number of alkyl halides is 2. The van der Waals surface area contributed by atoms with Crippen molar-refractivity contribution in [3.63, 3.8) is 0 Å². The molecule has 0 unspecified atom stereocenters. The zero-order valence-corrected chi connectivity index (χ0v) is 14.1. The highest BCUT2D eigenvalue weighted by Crippen LogP contribution is 2.18. The van der Waals surface area contributed by atoms with Crippen LogP contribution in [0.3, 0.4) is 0 Å². The van der Waals surface area contributed by atoms with Gasteiger partial charge in [-0.25, -0.2) is 23.7 Å². The van der Waals surface area contributed by atoms with Crippen molar-refractivity contribution in [3.05, 3.63) is 84.2 Å². The minimum absolute atomic E-state index is 0.0337. The first-order valence-electron chi connectivity index (χ1n) is 8.03. The molecule has 0 aliphatic rings. The molecule has 2 aromatic carbocycles. The van der Waals surface area contributed by atoms with Crippen LogP contribution in [0.5, 0.6) is 5.88 Å². The summed E-state index contributed by atoms with van der Waals surface area (Å²) in [5.74, 6) is -2.53. The summed E-state index contributed by atoms with van der Waals surface area (Å²) in [5, 5.41) is 0. The molecule has 132 valence electrons. The van der Waals surface area contributed by atoms with E-state index in [0.717, 1.165) is 23.8 Å². The van der Waals surface area contributed by atoms with E-state index in [0.29, 0.717) is 5.82 Å². The molecule has 0 spiro atoms. The molecular formula is C20H17F2N3O. The molecule has 0 atom stereocenters. The van der Waals surface area contributed by atoms with E-state index in [9.17, 15) is 8.78 Å². The van der Waals surface area contributed by atoms with E-state index in [1.54, 1.807) is 0 Å². The largest absolute Gasteiger partial charge is 0.470 e. The Bertz CT molecular complexity index is 820. The van der Waals surface area contributed by atoms with E-state index in [4.69, 9.17) is 4.74 Å². The first kappa shape index (κ1) is 17.7. The fourth-order valence-electron chi connectivity index (χ4n) is 2.24. The highest BCUT2D eigenvalue weighted by atomic mass is 19.3. The van der Waals surface area contributed by atoms with Gasteiger partial charge in [0.1, 0.15) is 0 Å². The lowest BCUT2D eigenvalue weighted by Gasteiger charge is -2.11. The summed E-state index contributed by atoms with van der Waals surface area (Å²) in [4.78, 5) is 12.7. The lowest BCUT2D eigenvalue weighted by atomic mass is 10.0. The summed E-state index contributed by atoms with van der Waals surface area (Å²) >= 11 is 0. The van der Waals surface area contributed by atoms with Crippen molar-refractivity contribution >= 4 is 11.5 Å². The maximum atomic E-state index is 12.8. The average molecular weight is 353 g/mol. The lowest BCUT2D eigenvalue weighted by molar-refractivity contribution is -0.0243. The molecule has 0 saturated heterocycles. The lowest BCUT2D eigenvalue weighted by Crippen LogP contribution is -2.21. The molecule has 0 bridgehead atoms. The van der Waals surface area contributed by atoms with Gasteiger partial charge in [0.2, 0.25) is 5.88 Å². The Morgan fingerprint density at radius 2 is 1.50 bits per heavy atom. The van der Waals surface area contributed by atoms with E-state index < -0.39 is 12.5 Å². The number of nitrogens with zero attached hydrogens (tertiary/aromatic N) is 3. The van der Waals surface area contributed by atoms with Crippen LogP contribution in [-0.4, -0.2) is 28.2 Å². The van der Waals surface area contributed by atoms with Crippen molar-refractivity contribution in [1.82, 2.24) is 9.97 Å². The fourth-order valence-corrected chi connectivity index (χ4v) is 2.24. The third-order valence-corrected chi connectivity index (χ3v) is 3.41. The monoisotopic (exact) mass is 353 g/mol. The van der Waals surface area contributed by atoms with Gasteiger partial charge in [0.05, 0.1) is 18.1 Å². The Hall–Kier alpha value is -3.15. The van der Waals surface area contributed by atoms with E-state index in [1.807, 2.05) is 60.7 Å². The number of benzene rings is 2. The summed E-state index contributed by atoms with van der Waals surface area (Å²) < 4.78 is 30.6. The van der Waals surface area contributed by atoms with Gasteiger partial charge in [-0.1, -0.05) is 60.7 Å². The van der Waals surface area contributed by atoms with Gasteiger partial charge in [0, 0.05) is 18.1 Å². The Balaban J connectivity index is 1.89. The maximum Gasteiger partial charge on any atom is 0.278 e. The van der Waals surface area contributed by atoms with Gasteiger partial charge < -0.3 is 4.74 Å². The molecule has 0 aliphatic heterocycles. The SMILES string of the molecule is CC(F)(F)COc1cnc(N=C(c2ccccc2)c2ccccc2)cn1. The molecule has 0 aliphatic carbocycles. The zero-order valence-electron chi connectivity index (χ0n) is 14.1. The van der Waals surface area contributed by atoms with Crippen molar-refractivity contribution in [2.24, 2.45) is 4.99 Å². The van der Waals surface area contributed by atoms with Crippen LogP contribution >= 0.6 is 0 Å². The van der Waals surface area contributed by atoms with Crippen LogP contribution in [0.2, 0.25) is 0 Å². The molecule has 0 radical (unpaired) electrons. The van der Waals surface area contributed by atoms with Crippen molar-refractivity contribution in [1.29, 1.82) is 0 Å². The molecule has 1 aromatic heterocycles. The average Bonchev–Trinajstić information content (AvgIpc) is 2.66. The van der Waals surface area contributed by atoms with Crippen molar-refractivity contribution in [2.45, 2.75) is 12.8 Å². The second kappa shape index (κ2) is 7.82. The number of halogens is 2. The Labute approximate surface area is 150 Å². The first-order chi connectivity index (χ1) is 12.5. The molecule has 3 rings (SSSR count). The van der Waals surface area contributed by atoms with Crippen LogP contribution in [0.4, 0.5) is 14.6 Å². The normalized spacial score (nSPS) is 11.0. The van der Waals surface area contributed by atoms with Gasteiger partial charge in [-0.3, -0.25) is 0 Å². The predicted octanol–water partition coefficient (Wildman–Crippen LogP) is 4.68. The molecule has 4 nitrogen and oxygen atoms in total. The highest BCUT2D eigenvalue weighted by molar-refractivity contribution is 6.13. The van der Waals surface area contributed by atoms with Crippen LogP contribution in [0.25, 0.3) is 0 Å². The summed E-state index contributed by atoms with van der Waals surface area (Å²) in [7, 11) is 0. The second-order valence-electron chi connectivity index (χ2n) is 5.76. The van der Waals surface area contributed by atoms with Gasteiger partial charge in [-0.05, 0) is 0 Å². The quantitative estimate of drug-likeness (QED) is 0.605. The number of hydrogen-bond donors (Lipinski definition) is 0. The molecule has 3 aromatic rings. The fraction of sp³-hybridized carbons (Fsp3) is 0.150. The van der Waals surface area contributed by atoms with Gasteiger partial charge in [-0.2, -0.15) is 0 Å². The van der Waals surface area contributed by atoms with Crippen LogP contribution in [0.15, 0.2) is 78.0 Å². The van der Waals surface area contributed by atoms with Crippen molar-refractivity contribution in [2.75, 3.05) is 6.61 Å². The summed E-state index contributed by atoms with van der Waals surface area (Å²) in [6.07, 6.45) is 2.69. The van der Waals surface area contributed by atoms with Gasteiger partial charge in [0.25, 0.3) is 5.92 Å². The topological polar surface area (TPSA) is 47.4 Å². The van der Waals surface area contributed by atoms with Gasteiger partial charge in [0.15, 0.2) is 12.4 Å². The summed E-state index contributed by atoms with van der Waals surface area (Å²) in [6.45, 7) is 0.0364. The summed E-state index contributed by atoms with van der Waals surface area (Å²) in [6, 6.07) is 19.4. The Kier molecular flexibility index (Phi) is 5.31. The number of ether oxygens (including phenoxy) is 1. The molecule has 6 heteroatoms. The van der Waals surface area contributed by atoms with Crippen molar-refractivity contribution in [3.8, 4) is 5.88 Å². The maximum absolute atomic E-state index is 12.8. The molecular weight excluding hydrogens is 336 g/mol. The van der Waals surface area contributed by atoms with Gasteiger partial charge >= 0.3 is 0 Å². The summed E-state index contributed by atoms with van der Waals surface area (Å²) in [5.41, 5.74) is 2.62. The van der Waals surface area contributed by atoms with E-state index in [1.165, 1.54) is 12.4 Å². The standard InChI is InChI=1S/C20H17F2N3O/c1-20(21,22)14-26-18-13-23-17(12-24-18)25-19(15-8-4-2-5-9-15)16-10-6-3-7-11-16/h2-13H,14H2,1H3. The minimum atomic E-state index is -2.92. The zero-order chi connectivity index (χ0) is 18.4. The van der Waals surface area contributed by atoms with E-state index >= 15 is 0 Å². The number of rotatable bonds is 6. The first-order valence-corrected chi connectivity index (χ1v) is 8.03. The molecule has 0 amide bonds. The van der Waals surface area contributed by atoms with Crippen LogP contribution in [0, 0.1) is 0 Å². The van der Waals surface area contributed by atoms with Crippen LogP contribution in [-0.2, 0) is 0 Å². The predicted molar refractivity (Wildman–Crippen MR) is 96.3 cm³/mol. The number of hydrogen-bond acceptors (Lipinski definition) is 4. The Morgan fingerprint density at radius 3 is 1.96 bits per heavy atom. The minimum Gasteiger partial charge on any atom is -0.470 e. The second-order valence-corrected chi connectivity index (χ2v) is 5.76. The molecule has 0 fully saturated rings. The molecule has 0 saturated carbocycles. The van der Waals surface area contributed by atoms with Gasteiger partial charge in [-0.15, -0.1) is 0 Å². The van der Waals surface area contributed by atoms with Crippen molar-refractivity contribution < 1.29 is 13.5 Å².